The van der Waals surface area contributed by atoms with E-state index in [1.165, 1.54) is 23.3 Å². The SMILES string of the molecule is CC(=O)N1CC2(CCN(CC3CCN(C(=O)O[C@H]4CCOC4)CC3)CC2)c2cc(C)ccc21.CC(C)OC(=O)N1C2CCC1CC(N1CCC3(CC1)CN(C(=O)O[C@@H]1CCOC1)c1ccc(F)cc13)C2.CCOC(=O)N1CCC(N2CCC3(CC2)CN(C(=O)c2ccc4c(c2)OCO4)c2ccc(F)cc23)CC1.[HH]. The third kappa shape index (κ3) is 15.6. The number of anilines is 3. The lowest BCUT2D eigenvalue weighted by molar-refractivity contribution is -0.116. The van der Waals surface area contributed by atoms with Crippen molar-refractivity contribution >= 4 is 53.2 Å². The quantitative estimate of drug-likeness (QED) is 0.143. The van der Waals surface area contributed by atoms with Gasteiger partial charge in [-0.05, 0) is 240 Å². The summed E-state index contributed by atoms with van der Waals surface area (Å²) in [7, 11) is 0. The molecule has 13 aliphatic heterocycles. The maximum absolute atomic E-state index is 14.4. The summed E-state index contributed by atoms with van der Waals surface area (Å²) in [5, 5.41) is 0. The van der Waals surface area contributed by atoms with Gasteiger partial charge in [-0.15, -0.1) is 0 Å². The molecule has 107 heavy (non-hydrogen) atoms. The Bertz CT molecular complexity index is 3900. The van der Waals surface area contributed by atoms with Crippen LogP contribution in [0, 0.1) is 24.5 Å². The lowest BCUT2D eigenvalue weighted by Gasteiger charge is -2.47. The van der Waals surface area contributed by atoms with Gasteiger partial charge in [0, 0.05) is 131 Å². The zero-order valence-corrected chi connectivity index (χ0v) is 63.0. The topological polar surface area (TPSA) is 205 Å². The molecular formula is C82H109F2N9O14. The molecule has 9 saturated heterocycles. The fourth-order valence-electron chi connectivity index (χ4n) is 19.9. The number of hydrogen-bond acceptors (Lipinski definition) is 17. The monoisotopic (exact) mass is 1480 g/mol. The summed E-state index contributed by atoms with van der Waals surface area (Å²) < 4.78 is 72.3. The van der Waals surface area contributed by atoms with E-state index >= 15 is 0 Å². The molecule has 0 N–H and O–H groups in total. The van der Waals surface area contributed by atoms with Crippen LogP contribution in [-0.4, -0.2) is 240 Å². The van der Waals surface area contributed by atoms with Crippen LogP contribution in [0.15, 0.2) is 72.8 Å². The summed E-state index contributed by atoms with van der Waals surface area (Å²) in [6.07, 6.45) is 13.8. The van der Waals surface area contributed by atoms with Crippen LogP contribution in [0.3, 0.4) is 0 Å². The van der Waals surface area contributed by atoms with E-state index < -0.39 is 0 Å². The maximum atomic E-state index is 14.4. The van der Waals surface area contributed by atoms with Crippen LogP contribution in [-0.2, 0) is 49.5 Å². The third-order valence-electron chi connectivity index (χ3n) is 25.8. The molecular weight excluding hydrogens is 1370 g/mol. The molecule has 9 fully saturated rings. The lowest BCUT2D eigenvalue weighted by atomic mass is 9.73. The van der Waals surface area contributed by atoms with Gasteiger partial charge in [0.05, 0.1) is 44.8 Å². The molecule has 580 valence electrons. The Kier molecular flexibility index (Phi) is 22.1. The number of ether oxygens (including phenoxy) is 8. The molecule has 4 aromatic rings. The highest BCUT2D eigenvalue weighted by atomic mass is 19.1. The van der Waals surface area contributed by atoms with Crippen LogP contribution in [0.2, 0.25) is 0 Å². The summed E-state index contributed by atoms with van der Waals surface area (Å²) in [5.74, 6) is 1.33. The lowest BCUT2D eigenvalue weighted by Crippen LogP contribution is -2.55. The highest BCUT2D eigenvalue weighted by molar-refractivity contribution is 6.08. The fraction of sp³-hybridized carbons (Fsp3) is 0.634. The summed E-state index contributed by atoms with van der Waals surface area (Å²) in [6.45, 7) is 23.9. The van der Waals surface area contributed by atoms with E-state index in [9.17, 15) is 37.5 Å². The Morgan fingerprint density at radius 3 is 1.63 bits per heavy atom. The van der Waals surface area contributed by atoms with Gasteiger partial charge in [-0.3, -0.25) is 14.5 Å². The minimum Gasteiger partial charge on any atom is -0.454 e. The fourth-order valence-corrected chi connectivity index (χ4v) is 19.9. The average Bonchev–Trinajstić information content (AvgIpc) is 1.60. The Morgan fingerprint density at radius 1 is 0.533 bits per heavy atom. The van der Waals surface area contributed by atoms with Gasteiger partial charge in [-0.2, -0.15) is 0 Å². The standard InChI is InChI=1S/C28H38FN3O5.C28H32FN3O5.C26H37N3O4.H2/c1-18(2)36-27(34)32-20-4-5-21(32)15-22(14-20)30-10-8-28(9-11-30)17-31(25-6-3-19(29)13-24(25)28)26(33)37-23-7-12-35-16-23;1-2-35-27(34)31-11-7-21(8-12-31)30-13-9-28(10-14-30)17-32(23-5-4-20(29)16-22(23)28)26(33)19-3-6-24-25(15-19)37-18-36-24;1-19-3-4-24-23(15-19)26(18-29(24)20(2)30)8-12-27(13-9-26)16-21-5-10-28(11-6-21)25(31)33-22-7-14-32-17-22;/h3,6,13,18,20-23H,4-5,7-12,14-17H2,1-2H3;3-6,15-16,21H,2,7-14,17-18H2,1H3;3-4,15,21-22H,5-14,16-18H2,1-2H3;1H/t20?,21?,22?,23-;;22-;/m1.0./s1. The zero-order valence-electron chi connectivity index (χ0n) is 63.0. The second-order valence-electron chi connectivity index (χ2n) is 32.6. The number of aryl methyl sites for hydroxylation is 1. The first kappa shape index (κ1) is 74.6. The number of fused-ring (bicyclic) bond motifs is 9. The maximum Gasteiger partial charge on any atom is 0.414 e. The van der Waals surface area contributed by atoms with Gasteiger partial charge in [0.25, 0.3) is 5.91 Å². The summed E-state index contributed by atoms with van der Waals surface area (Å²) >= 11 is 0. The molecule has 0 aromatic heterocycles. The molecule has 4 aromatic carbocycles. The number of halogens is 2. The first-order valence-electron chi connectivity index (χ1n) is 39.6. The predicted molar refractivity (Wildman–Crippen MR) is 399 cm³/mol. The highest BCUT2D eigenvalue weighted by Gasteiger charge is 2.53. The van der Waals surface area contributed by atoms with Crippen molar-refractivity contribution in [2.45, 2.75) is 196 Å². The summed E-state index contributed by atoms with van der Waals surface area (Å²) in [6, 6.07) is 22.7. The van der Waals surface area contributed by atoms with Crippen LogP contribution in [0.4, 0.5) is 45.0 Å². The smallest absolute Gasteiger partial charge is 0.414 e. The molecule has 2 bridgehead atoms. The molecule has 13 aliphatic rings. The van der Waals surface area contributed by atoms with Crippen LogP contribution in [0.1, 0.15) is 164 Å². The number of rotatable bonds is 9. The Balaban J connectivity index is 0.000000135. The van der Waals surface area contributed by atoms with Crippen molar-refractivity contribution in [3.8, 4) is 11.5 Å². The predicted octanol–water partition coefficient (Wildman–Crippen LogP) is 12.2. The number of piperidine rings is 6. The molecule has 25 heteroatoms. The van der Waals surface area contributed by atoms with E-state index in [0.717, 1.165) is 190 Å². The zero-order chi connectivity index (χ0) is 74.3. The van der Waals surface area contributed by atoms with Crippen LogP contribution >= 0.6 is 0 Å². The van der Waals surface area contributed by atoms with Crippen molar-refractivity contribution in [3.63, 3.8) is 0 Å². The number of amides is 6. The van der Waals surface area contributed by atoms with Gasteiger partial charge in [0.1, 0.15) is 23.8 Å². The van der Waals surface area contributed by atoms with Crippen molar-refractivity contribution in [2.75, 3.05) is 146 Å². The minimum atomic E-state index is -0.361. The molecule has 13 heterocycles. The molecule has 4 atom stereocenters. The van der Waals surface area contributed by atoms with Crippen molar-refractivity contribution in [1.82, 2.24) is 29.4 Å². The van der Waals surface area contributed by atoms with Crippen LogP contribution in [0.25, 0.3) is 0 Å². The molecule has 6 amide bonds. The summed E-state index contributed by atoms with van der Waals surface area (Å²) in [5.41, 5.74) is 7.27. The number of nitrogens with zero attached hydrogens (tertiary/aromatic N) is 9. The van der Waals surface area contributed by atoms with Crippen molar-refractivity contribution < 1.29 is 76.9 Å². The van der Waals surface area contributed by atoms with E-state index in [-0.39, 0.29) is 103 Å². The third-order valence-corrected chi connectivity index (χ3v) is 25.8. The first-order valence-corrected chi connectivity index (χ1v) is 39.6. The van der Waals surface area contributed by atoms with Crippen molar-refractivity contribution in [3.05, 3.63) is 112 Å². The normalized spacial score (nSPS) is 25.7. The molecule has 0 radical (unpaired) electrons. The van der Waals surface area contributed by atoms with Crippen molar-refractivity contribution in [1.29, 1.82) is 0 Å². The van der Waals surface area contributed by atoms with Crippen molar-refractivity contribution in [2.24, 2.45) is 5.92 Å². The number of hydrogen-bond donors (Lipinski definition) is 0. The van der Waals surface area contributed by atoms with Gasteiger partial charge < -0.3 is 77.1 Å². The number of likely N-dealkylation sites (tertiary alicyclic amines) is 5. The number of benzene rings is 4. The van der Waals surface area contributed by atoms with Gasteiger partial charge in [-0.1, -0.05) is 17.7 Å². The molecule has 0 saturated carbocycles. The Hall–Kier alpha value is -7.84. The van der Waals surface area contributed by atoms with Gasteiger partial charge >= 0.3 is 24.4 Å². The molecule has 0 aliphatic carbocycles. The van der Waals surface area contributed by atoms with E-state index in [1.807, 2.05) is 35.5 Å². The number of carbonyl (C=O) groups is 6. The van der Waals surface area contributed by atoms with Gasteiger partial charge in [0.2, 0.25) is 12.7 Å². The molecule has 3 spiro atoms. The second kappa shape index (κ2) is 31.6. The van der Waals surface area contributed by atoms with Gasteiger partial charge in [-0.25, -0.2) is 28.0 Å². The summed E-state index contributed by atoms with van der Waals surface area (Å²) in [4.78, 5) is 95.0. The molecule has 23 nitrogen and oxygen atoms in total. The number of carbonyl (C=O) groups excluding carboxylic acids is 6. The first-order chi connectivity index (χ1) is 51.7. The molecule has 2 unspecified atom stereocenters. The Morgan fingerprint density at radius 2 is 1.05 bits per heavy atom. The van der Waals surface area contributed by atoms with E-state index in [4.69, 9.17) is 37.9 Å². The van der Waals surface area contributed by atoms with E-state index in [1.54, 1.807) is 64.1 Å². The largest absolute Gasteiger partial charge is 0.454 e. The van der Waals surface area contributed by atoms with Gasteiger partial charge in [0.15, 0.2) is 11.5 Å². The Labute approximate surface area is 628 Å². The minimum absolute atomic E-state index is 0. The van der Waals surface area contributed by atoms with E-state index in [0.29, 0.717) is 101 Å². The second-order valence-corrected chi connectivity index (χ2v) is 32.6. The van der Waals surface area contributed by atoms with Crippen LogP contribution in [0.5, 0.6) is 11.5 Å². The molecule has 17 rings (SSSR count). The van der Waals surface area contributed by atoms with Crippen LogP contribution < -0.4 is 24.2 Å². The average molecular weight is 1480 g/mol. The highest BCUT2D eigenvalue weighted by Crippen LogP contribution is 2.52. The van der Waals surface area contributed by atoms with E-state index in [2.05, 4.69) is 39.8 Å².